The highest BCUT2D eigenvalue weighted by Crippen LogP contribution is 2.20. The number of benzene rings is 1. The number of hydrogen-bond acceptors (Lipinski definition) is 3. The van der Waals surface area contributed by atoms with E-state index in [4.69, 9.17) is 11.6 Å². The number of carbonyl (C=O) groups excluding carboxylic acids is 2. The molecule has 3 rings (SSSR count). The second-order valence-electron chi connectivity index (χ2n) is 6.41. The predicted octanol–water partition coefficient (Wildman–Crippen LogP) is 2.23. The molecule has 0 aromatic heterocycles. The summed E-state index contributed by atoms with van der Waals surface area (Å²) in [7, 11) is 0. The van der Waals surface area contributed by atoms with E-state index < -0.39 is 6.04 Å². The van der Waals surface area contributed by atoms with Crippen LogP contribution in [0, 0.1) is 0 Å². The molecule has 2 aliphatic rings. The number of halogens is 2. The highest BCUT2D eigenvalue weighted by atomic mass is 35.5. The molecule has 24 heavy (non-hydrogen) atoms. The first-order valence-corrected chi connectivity index (χ1v) is 8.52. The second-order valence-corrected chi connectivity index (χ2v) is 6.85. The van der Waals surface area contributed by atoms with Gasteiger partial charge in [0.1, 0.15) is 6.04 Å². The fraction of sp³-hybridized carbons (Fsp3) is 0.529. The SMILES string of the molecule is CC(NC(=O)c1ccc(Cl)cc1)C(=O)N1CCC2CCC(C1)N2.Cl. The van der Waals surface area contributed by atoms with E-state index in [-0.39, 0.29) is 24.2 Å². The van der Waals surface area contributed by atoms with Gasteiger partial charge in [-0.2, -0.15) is 0 Å². The molecule has 0 spiro atoms. The first kappa shape index (κ1) is 19.0. The molecule has 2 bridgehead atoms. The van der Waals surface area contributed by atoms with E-state index in [9.17, 15) is 9.59 Å². The van der Waals surface area contributed by atoms with Gasteiger partial charge >= 0.3 is 0 Å². The van der Waals surface area contributed by atoms with Crippen LogP contribution in [0.2, 0.25) is 5.02 Å². The molecule has 3 atom stereocenters. The number of carbonyl (C=O) groups is 2. The van der Waals surface area contributed by atoms with Crippen LogP contribution in [-0.2, 0) is 4.79 Å². The number of amides is 2. The minimum atomic E-state index is -0.533. The lowest BCUT2D eigenvalue weighted by molar-refractivity contribution is -0.133. The van der Waals surface area contributed by atoms with E-state index in [1.165, 1.54) is 6.42 Å². The summed E-state index contributed by atoms with van der Waals surface area (Å²) >= 11 is 5.82. The van der Waals surface area contributed by atoms with Gasteiger partial charge < -0.3 is 15.5 Å². The van der Waals surface area contributed by atoms with Crippen molar-refractivity contribution in [1.82, 2.24) is 15.5 Å². The number of nitrogens with one attached hydrogen (secondary N) is 2. The first-order chi connectivity index (χ1) is 11.0. The van der Waals surface area contributed by atoms with Gasteiger partial charge in [0.2, 0.25) is 5.91 Å². The van der Waals surface area contributed by atoms with Crippen LogP contribution in [0.4, 0.5) is 0 Å². The Labute approximate surface area is 153 Å². The standard InChI is InChI=1S/C17H22ClN3O2.ClH/c1-11(19-16(22)12-2-4-13(18)5-3-12)17(23)21-9-8-14-6-7-15(10-21)20-14;/h2-5,11,14-15,20H,6-10H2,1H3,(H,19,22);1H. The van der Waals surface area contributed by atoms with Gasteiger partial charge in [-0.1, -0.05) is 11.6 Å². The highest BCUT2D eigenvalue weighted by molar-refractivity contribution is 6.30. The van der Waals surface area contributed by atoms with Crippen molar-refractivity contribution in [2.24, 2.45) is 0 Å². The molecular weight excluding hydrogens is 349 g/mol. The molecule has 5 nitrogen and oxygen atoms in total. The van der Waals surface area contributed by atoms with Crippen LogP contribution < -0.4 is 10.6 Å². The summed E-state index contributed by atoms with van der Waals surface area (Å²) in [4.78, 5) is 26.7. The Balaban J connectivity index is 0.00000208. The molecule has 2 N–H and O–H groups in total. The van der Waals surface area contributed by atoms with Crippen LogP contribution in [0.5, 0.6) is 0 Å². The van der Waals surface area contributed by atoms with Crippen molar-refractivity contribution >= 4 is 35.8 Å². The summed E-state index contributed by atoms with van der Waals surface area (Å²) in [5.41, 5.74) is 0.505. The Morgan fingerprint density at radius 2 is 1.88 bits per heavy atom. The minimum Gasteiger partial charge on any atom is -0.341 e. The van der Waals surface area contributed by atoms with Gasteiger partial charge in [-0.25, -0.2) is 0 Å². The molecule has 2 heterocycles. The third kappa shape index (κ3) is 4.41. The Kier molecular flexibility index (Phi) is 6.49. The highest BCUT2D eigenvalue weighted by Gasteiger charge is 2.32. The lowest BCUT2D eigenvalue weighted by Crippen LogP contribution is -2.49. The summed E-state index contributed by atoms with van der Waals surface area (Å²) in [6, 6.07) is 7.05. The Morgan fingerprint density at radius 1 is 1.21 bits per heavy atom. The maximum Gasteiger partial charge on any atom is 0.251 e. The lowest BCUT2D eigenvalue weighted by atomic mass is 10.1. The van der Waals surface area contributed by atoms with Crippen molar-refractivity contribution in [3.8, 4) is 0 Å². The van der Waals surface area contributed by atoms with Gasteiger partial charge in [-0.05, 0) is 50.5 Å². The maximum absolute atomic E-state index is 12.6. The summed E-state index contributed by atoms with van der Waals surface area (Å²) in [6.07, 6.45) is 3.32. The van der Waals surface area contributed by atoms with E-state index in [1.807, 2.05) is 4.90 Å². The molecule has 1 aromatic rings. The van der Waals surface area contributed by atoms with E-state index in [0.717, 1.165) is 25.9 Å². The third-order valence-electron chi connectivity index (χ3n) is 4.66. The molecule has 2 saturated heterocycles. The van der Waals surface area contributed by atoms with Crippen molar-refractivity contribution in [2.45, 2.75) is 44.3 Å². The van der Waals surface area contributed by atoms with Crippen LogP contribution in [0.15, 0.2) is 24.3 Å². The summed E-state index contributed by atoms with van der Waals surface area (Å²) in [5, 5.41) is 6.92. The number of likely N-dealkylation sites (tertiary alicyclic amines) is 1. The molecular formula is C17H23Cl2N3O2. The van der Waals surface area contributed by atoms with Crippen LogP contribution in [0.1, 0.15) is 36.5 Å². The number of nitrogens with zero attached hydrogens (tertiary/aromatic N) is 1. The molecule has 2 fully saturated rings. The lowest BCUT2D eigenvalue weighted by Gasteiger charge is -2.27. The van der Waals surface area contributed by atoms with Gasteiger partial charge in [-0.15, -0.1) is 12.4 Å². The zero-order chi connectivity index (χ0) is 16.4. The smallest absolute Gasteiger partial charge is 0.251 e. The second kappa shape index (κ2) is 8.19. The molecule has 2 amide bonds. The predicted molar refractivity (Wildman–Crippen MR) is 96.8 cm³/mol. The van der Waals surface area contributed by atoms with Crippen molar-refractivity contribution < 1.29 is 9.59 Å². The third-order valence-corrected chi connectivity index (χ3v) is 4.91. The Bertz CT molecular complexity index is 594. The normalized spacial score (nSPS) is 23.8. The van der Waals surface area contributed by atoms with E-state index in [1.54, 1.807) is 31.2 Å². The minimum absolute atomic E-state index is 0. The fourth-order valence-electron chi connectivity index (χ4n) is 3.36. The summed E-state index contributed by atoms with van der Waals surface area (Å²) < 4.78 is 0. The molecule has 1 aromatic carbocycles. The molecule has 2 aliphatic heterocycles. The Hall–Kier alpha value is -1.30. The zero-order valence-electron chi connectivity index (χ0n) is 13.6. The quantitative estimate of drug-likeness (QED) is 0.856. The van der Waals surface area contributed by atoms with Crippen molar-refractivity contribution in [3.05, 3.63) is 34.9 Å². The molecule has 7 heteroatoms. The van der Waals surface area contributed by atoms with Crippen molar-refractivity contribution in [2.75, 3.05) is 13.1 Å². The van der Waals surface area contributed by atoms with Gasteiger partial charge in [0.05, 0.1) is 0 Å². The zero-order valence-corrected chi connectivity index (χ0v) is 15.2. The van der Waals surface area contributed by atoms with Crippen molar-refractivity contribution in [1.29, 1.82) is 0 Å². The Morgan fingerprint density at radius 3 is 2.58 bits per heavy atom. The van der Waals surface area contributed by atoms with Crippen LogP contribution in [0.3, 0.4) is 0 Å². The van der Waals surface area contributed by atoms with Gasteiger partial charge in [-0.3, -0.25) is 9.59 Å². The number of hydrogen-bond donors (Lipinski definition) is 2. The van der Waals surface area contributed by atoms with Crippen LogP contribution in [0.25, 0.3) is 0 Å². The molecule has 3 unspecified atom stereocenters. The average molecular weight is 372 g/mol. The van der Waals surface area contributed by atoms with Gasteiger partial charge in [0, 0.05) is 35.8 Å². The molecule has 132 valence electrons. The average Bonchev–Trinajstić information content (AvgIpc) is 2.86. The van der Waals surface area contributed by atoms with Crippen LogP contribution in [-0.4, -0.2) is 47.9 Å². The van der Waals surface area contributed by atoms with E-state index in [0.29, 0.717) is 22.7 Å². The van der Waals surface area contributed by atoms with Gasteiger partial charge in [0.25, 0.3) is 5.91 Å². The number of fused-ring (bicyclic) bond motifs is 2. The summed E-state index contributed by atoms with van der Waals surface area (Å²) in [6.45, 7) is 3.23. The van der Waals surface area contributed by atoms with Crippen molar-refractivity contribution in [3.63, 3.8) is 0 Å². The van der Waals surface area contributed by atoms with Crippen LogP contribution >= 0.6 is 24.0 Å². The first-order valence-electron chi connectivity index (χ1n) is 8.14. The van der Waals surface area contributed by atoms with E-state index >= 15 is 0 Å². The maximum atomic E-state index is 12.6. The van der Waals surface area contributed by atoms with E-state index in [2.05, 4.69) is 10.6 Å². The monoisotopic (exact) mass is 371 g/mol. The molecule has 0 radical (unpaired) electrons. The molecule has 0 saturated carbocycles. The largest absolute Gasteiger partial charge is 0.341 e. The summed E-state index contributed by atoms with van der Waals surface area (Å²) in [5.74, 6) is -0.265. The van der Waals surface area contributed by atoms with Gasteiger partial charge in [0.15, 0.2) is 0 Å². The molecule has 0 aliphatic carbocycles. The number of rotatable bonds is 3. The topological polar surface area (TPSA) is 61.4 Å². The fourth-order valence-corrected chi connectivity index (χ4v) is 3.49.